The summed E-state index contributed by atoms with van der Waals surface area (Å²) in [6.07, 6.45) is -1.17. The fraction of sp³-hybridized carbons (Fsp3) is 0.302. The lowest BCUT2D eigenvalue weighted by Gasteiger charge is -2.26. The predicted molar refractivity (Wildman–Crippen MR) is 269 cm³/mol. The number of ether oxygens (including phenoxy) is 3. The highest BCUT2D eigenvalue weighted by Crippen LogP contribution is 2.25. The van der Waals surface area contributed by atoms with Gasteiger partial charge >= 0.3 is 12.2 Å². The summed E-state index contributed by atoms with van der Waals surface area (Å²) in [5.74, 6) is 0.128. The van der Waals surface area contributed by atoms with E-state index in [0.717, 1.165) is 44.7 Å². The van der Waals surface area contributed by atoms with E-state index in [0.29, 0.717) is 19.0 Å². The summed E-state index contributed by atoms with van der Waals surface area (Å²) < 4.78 is 17.0. The third-order valence-corrected chi connectivity index (χ3v) is 10.4. The van der Waals surface area contributed by atoms with Gasteiger partial charge in [-0.25, -0.2) is 19.6 Å². The van der Waals surface area contributed by atoms with Gasteiger partial charge in [0.25, 0.3) is 6.47 Å². The van der Waals surface area contributed by atoms with Crippen LogP contribution in [-0.2, 0) is 56.5 Å². The summed E-state index contributed by atoms with van der Waals surface area (Å²) in [5, 5.41) is 17.8. The van der Waals surface area contributed by atoms with Gasteiger partial charge in [-0.2, -0.15) is 0 Å². The molecule has 5 N–H and O–H groups in total. The van der Waals surface area contributed by atoms with Crippen molar-refractivity contribution < 1.29 is 43.3 Å². The Bertz CT molecular complexity index is 2400. The largest absolute Gasteiger partial charge is 0.489 e. The van der Waals surface area contributed by atoms with Crippen LogP contribution >= 0.6 is 0 Å². The third kappa shape index (κ3) is 19.2. The van der Waals surface area contributed by atoms with E-state index in [2.05, 4.69) is 21.3 Å². The lowest BCUT2D eigenvalue weighted by molar-refractivity contribution is -0.129. The first-order chi connectivity index (χ1) is 33.6. The first-order valence-electron chi connectivity index (χ1n) is 22.6. The first-order valence-corrected chi connectivity index (χ1v) is 22.6. The molecule has 0 aliphatic rings. The molecule has 5 rings (SSSR count). The molecule has 3 atom stereocenters. The average molecular weight is 957 g/mol. The van der Waals surface area contributed by atoms with Crippen molar-refractivity contribution in [1.82, 2.24) is 31.1 Å². The molecular formula is C53H64N8O9. The molecule has 4 amide bonds. The predicted octanol–water partition coefficient (Wildman–Crippen LogP) is 6.41. The van der Waals surface area contributed by atoms with Gasteiger partial charge in [0.15, 0.2) is 5.96 Å². The average Bonchev–Trinajstić information content (AvgIpc) is 3.34. The van der Waals surface area contributed by atoms with E-state index in [4.69, 9.17) is 34.1 Å². The summed E-state index contributed by atoms with van der Waals surface area (Å²) >= 11 is 0. The SMILES string of the molecule is Cc1cc(OCc2ccccc2)cc(C)c1C[C@H](N=C(N(C)C)N(C)C)C(=O)N[C@H](C)C(=O)NC[C@H](Cc1ccccc1)N=C(NC(=O)OCc1ccccc1)NC(=O)OCc1ccccc1.O=CO. The first kappa shape index (κ1) is 54.4. The van der Waals surface area contributed by atoms with Gasteiger partial charge in [0.05, 0.1) is 6.04 Å². The van der Waals surface area contributed by atoms with Crippen LogP contribution in [0.15, 0.2) is 143 Å². The van der Waals surface area contributed by atoms with Crippen molar-refractivity contribution in [2.45, 2.75) is 71.6 Å². The van der Waals surface area contributed by atoms with Crippen LogP contribution in [0.5, 0.6) is 5.75 Å². The molecule has 5 aromatic rings. The molecule has 5 aromatic carbocycles. The molecule has 0 saturated carbocycles. The summed E-state index contributed by atoms with van der Waals surface area (Å²) in [6, 6.07) is 38.9. The number of carbonyl (C=O) groups is 5. The van der Waals surface area contributed by atoms with E-state index in [9.17, 15) is 19.2 Å². The monoisotopic (exact) mass is 956 g/mol. The lowest BCUT2D eigenvalue weighted by atomic mass is 9.95. The minimum absolute atomic E-state index is 0.0288. The topological polar surface area (TPSA) is 213 Å². The Morgan fingerprint density at radius 2 is 1.06 bits per heavy atom. The Labute approximate surface area is 410 Å². The number of alkyl carbamates (subject to hydrolysis) is 2. The maximum Gasteiger partial charge on any atom is 0.414 e. The third-order valence-electron chi connectivity index (χ3n) is 10.4. The number of aryl methyl sites for hydroxylation is 2. The number of benzene rings is 5. The molecule has 0 aliphatic carbocycles. The Morgan fingerprint density at radius 3 is 1.50 bits per heavy atom. The number of carboxylic acid groups (broad SMARTS) is 1. The number of hydrogen-bond acceptors (Lipinski definition) is 10. The highest BCUT2D eigenvalue weighted by molar-refractivity contribution is 6.01. The van der Waals surface area contributed by atoms with E-state index >= 15 is 0 Å². The minimum atomic E-state index is -0.985. The number of nitrogens with zero attached hydrogens (tertiary/aromatic N) is 4. The normalized spacial score (nSPS) is 11.6. The van der Waals surface area contributed by atoms with Crippen molar-refractivity contribution in [3.63, 3.8) is 0 Å². The van der Waals surface area contributed by atoms with Crippen molar-refractivity contribution in [3.05, 3.63) is 172 Å². The van der Waals surface area contributed by atoms with E-state index in [1.807, 2.05) is 185 Å². The van der Waals surface area contributed by atoms with Gasteiger partial charge in [-0.15, -0.1) is 0 Å². The summed E-state index contributed by atoms with van der Waals surface area (Å²) in [6.45, 7) is 5.64. The number of carbonyl (C=O) groups excluding carboxylic acids is 4. The van der Waals surface area contributed by atoms with E-state index < -0.39 is 42.1 Å². The summed E-state index contributed by atoms with van der Waals surface area (Å²) in [5.41, 5.74) is 6.28. The highest BCUT2D eigenvalue weighted by Gasteiger charge is 2.27. The van der Waals surface area contributed by atoms with E-state index in [-0.39, 0.29) is 38.6 Å². The molecule has 17 heteroatoms. The van der Waals surface area contributed by atoms with Gasteiger partial charge < -0.3 is 39.8 Å². The van der Waals surface area contributed by atoms with Crippen molar-refractivity contribution in [2.24, 2.45) is 9.98 Å². The van der Waals surface area contributed by atoms with Gasteiger partial charge in [0, 0.05) is 41.2 Å². The second-order valence-corrected chi connectivity index (χ2v) is 16.5. The molecule has 0 fully saturated rings. The van der Waals surface area contributed by atoms with Crippen molar-refractivity contribution in [1.29, 1.82) is 0 Å². The zero-order valence-corrected chi connectivity index (χ0v) is 40.8. The molecular weight excluding hydrogens is 893 g/mol. The minimum Gasteiger partial charge on any atom is -0.489 e. The molecule has 0 bridgehead atoms. The van der Waals surface area contributed by atoms with E-state index in [1.54, 1.807) is 6.92 Å². The zero-order chi connectivity index (χ0) is 50.8. The van der Waals surface area contributed by atoms with Crippen LogP contribution in [-0.4, -0.2) is 110 Å². The number of hydrogen-bond donors (Lipinski definition) is 5. The highest BCUT2D eigenvalue weighted by atomic mass is 16.6. The Balaban J connectivity index is 0.00000346. The van der Waals surface area contributed by atoms with Crippen molar-refractivity contribution in [2.75, 3.05) is 34.7 Å². The number of aliphatic imine (C=N–C) groups is 2. The maximum absolute atomic E-state index is 14.2. The second kappa shape index (κ2) is 28.9. The number of rotatable bonds is 18. The van der Waals surface area contributed by atoms with Gasteiger partial charge in [-0.05, 0) is 78.3 Å². The molecule has 0 radical (unpaired) electrons. The standard InChI is InChI=1S/C52H62N8O7.CH2O2/c1-36-28-44(65-33-40-22-14-9-15-23-40)29-37(2)45(36)31-46(56-50(59(4)5)60(6)7)48(62)54-38(3)47(61)53-32-43(30-39-20-12-8-13-21-39)55-49(57-51(63)66-34-41-24-16-10-17-25-41)58-52(64)67-35-42-26-18-11-19-27-42;2-1-3/h8-29,38,43,46H,30-35H2,1-7H3,(H,53,61)(H,54,62)(H2,55,57,58,63,64);1H,(H,2,3)/t38-,43+,46+;/m1./s1. The number of guanidine groups is 2. The molecule has 0 spiro atoms. The maximum atomic E-state index is 14.2. The molecule has 0 saturated heterocycles. The molecule has 0 unspecified atom stereocenters. The molecule has 0 heterocycles. The van der Waals surface area contributed by atoms with Crippen LogP contribution < -0.4 is 26.0 Å². The molecule has 0 aliphatic heterocycles. The molecule has 370 valence electrons. The van der Waals surface area contributed by atoms with Crippen LogP contribution in [0.3, 0.4) is 0 Å². The quantitative estimate of drug-likeness (QED) is 0.0368. The smallest absolute Gasteiger partial charge is 0.414 e. The summed E-state index contributed by atoms with van der Waals surface area (Å²) in [4.78, 5) is 75.9. The van der Waals surface area contributed by atoms with Crippen molar-refractivity contribution >= 4 is 42.4 Å². The fourth-order valence-corrected chi connectivity index (χ4v) is 7.05. The van der Waals surface area contributed by atoms with E-state index in [1.165, 1.54) is 0 Å². The van der Waals surface area contributed by atoms with Gasteiger partial charge in [-0.3, -0.25) is 25.0 Å². The van der Waals surface area contributed by atoms with Crippen LogP contribution in [0.2, 0.25) is 0 Å². The Morgan fingerprint density at radius 1 is 0.629 bits per heavy atom. The second-order valence-electron chi connectivity index (χ2n) is 16.5. The van der Waals surface area contributed by atoms with Crippen LogP contribution in [0.25, 0.3) is 0 Å². The van der Waals surface area contributed by atoms with Gasteiger partial charge in [-0.1, -0.05) is 121 Å². The number of nitrogens with one attached hydrogen (secondary N) is 4. The molecule has 0 aromatic heterocycles. The molecule has 70 heavy (non-hydrogen) atoms. The van der Waals surface area contributed by atoms with Crippen LogP contribution in [0.1, 0.15) is 45.9 Å². The zero-order valence-electron chi connectivity index (χ0n) is 40.8. The van der Waals surface area contributed by atoms with Crippen LogP contribution in [0, 0.1) is 13.8 Å². The van der Waals surface area contributed by atoms with Gasteiger partial charge in [0.2, 0.25) is 17.8 Å². The van der Waals surface area contributed by atoms with Gasteiger partial charge in [0.1, 0.15) is 37.7 Å². The molecule has 17 nitrogen and oxygen atoms in total. The Kier molecular flexibility index (Phi) is 22.4. The van der Waals surface area contributed by atoms with Crippen molar-refractivity contribution in [3.8, 4) is 5.75 Å². The number of amides is 4. The summed E-state index contributed by atoms with van der Waals surface area (Å²) in [7, 11) is 7.41. The Hall–Kier alpha value is -8.21. The van der Waals surface area contributed by atoms with Crippen LogP contribution in [0.4, 0.5) is 9.59 Å². The fourth-order valence-electron chi connectivity index (χ4n) is 7.05. The lowest BCUT2D eigenvalue weighted by Crippen LogP contribution is -2.50.